The Morgan fingerprint density at radius 1 is 1.08 bits per heavy atom. The van der Waals surface area contributed by atoms with Crippen LogP contribution in [0.2, 0.25) is 0 Å². The SMILES string of the molecule is CN(C)Cc1ccc(CNC(=O)c2ccc(C(F)(F)F)nc2)cc1. The van der Waals surface area contributed by atoms with Gasteiger partial charge in [0.1, 0.15) is 5.69 Å². The molecular weight excluding hydrogens is 319 g/mol. The van der Waals surface area contributed by atoms with Crippen molar-refractivity contribution in [1.29, 1.82) is 0 Å². The van der Waals surface area contributed by atoms with Gasteiger partial charge in [-0.25, -0.2) is 0 Å². The fraction of sp³-hybridized carbons (Fsp3) is 0.294. The molecule has 24 heavy (non-hydrogen) atoms. The summed E-state index contributed by atoms with van der Waals surface area (Å²) in [6.45, 7) is 1.12. The lowest BCUT2D eigenvalue weighted by Crippen LogP contribution is -2.23. The molecule has 1 heterocycles. The second-order valence-corrected chi connectivity index (χ2v) is 5.67. The third-order valence-electron chi connectivity index (χ3n) is 3.29. The molecule has 0 radical (unpaired) electrons. The maximum atomic E-state index is 12.4. The van der Waals surface area contributed by atoms with Gasteiger partial charge in [-0.05, 0) is 37.4 Å². The van der Waals surface area contributed by atoms with Crippen molar-refractivity contribution in [2.24, 2.45) is 0 Å². The van der Waals surface area contributed by atoms with Crippen molar-refractivity contribution in [3.8, 4) is 0 Å². The van der Waals surface area contributed by atoms with Crippen LogP contribution in [0, 0.1) is 0 Å². The molecule has 0 aliphatic heterocycles. The minimum absolute atomic E-state index is 0.0900. The van der Waals surface area contributed by atoms with E-state index in [9.17, 15) is 18.0 Å². The van der Waals surface area contributed by atoms with Crippen LogP contribution in [0.4, 0.5) is 13.2 Å². The van der Waals surface area contributed by atoms with E-state index in [0.717, 1.165) is 36.0 Å². The lowest BCUT2D eigenvalue weighted by atomic mass is 10.1. The first-order valence-corrected chi connectivity index (χ1v) is 7.29. The number of pyridine rings is 1. The number of nitrogens with zero attached hydrogens (tertiary/aromatic N) is 2. The lowest BCUT2D eigenvalue weighted by Gasteiger charge is -2.11. The Morgan fingerprint density at radius 2 is 1.71 bits per heavy atom. The Bertz CT molecular complexity index is 680. The van der Waals surface area contributed by atoms with Gasteiger partial charge in [-0.1, -0.05) is 24.3 Å². The number of hydrogen-bond acceptors (Lipinski definition) is 3. The molecule has 0 spiro atoms. The molecule has 4 nitrogen and oxygen atoms in total. The molecule has 2 aromatic rings. The molecule has 0 atom stereocenters. The monoisotopic (exact) mass is 337 g/mol. The molecule has 128 valence electrons. The summed E-state index contributed by atoms with van der Waals surface area (Å²) in [5, 5.41) is 2.66. The van der Waals surface area contributed by atoms with E-state index < -0.39 is 17.8 Å². The average molecular weight is 337 g/mol. The van der Waals surface area contributed by atoms with Crippen LogP contribution < -0.4 is 5.32 Å². The number of alkyl halides is 3. The summed E-state index contributed by atoms with van der Waals surface area (Å²) >= 11 is 0. The van der Waals surface area contributed by atoms with E-state index in [4.69, 9.17) is 0 Å². The lowest BCUT2D eigenvalue weighted by molar-refractivity contribution is -0.141. The van der Waals surface area contributed by atoms with E-state index >= 15 is 0 Å². The molecule has 0 fully saturated rings. The Balaban J connectivity index is 1.93. The van der Waals surface area contributed by atoms with Crippen molar-refractivity contribution in [3.05, 3.63) is 65.0 Å². The molecule has 2 rings (SSSR count). The maximum Gasteiger partial charge on any atom is 0.433 e. The molecule has 0 aliphatic rings. The summed E-state index contributed by atoms with van der Waals surface area (Å²) < 4.78 is 37.3. The van der Waals surface area contributed by atoms with E-state index in [0.29, 0.717) is 6.54 Å². The van der Waals surface area contributed by atoms with E-state index in [-0.39, 0.29) is 5.56 Å². The van der Waals surface area contributed by atoms with Crippen LogP contribution in [0.25, 0.3) is 0 Å². The number of halogens is 3. The number of hydrogen-bond donors (Lipinski definition) is 1. The topological polar surface area (TPSA) is 45.2 Å². The Hall–Kier alpha value is -2.41. The number of carbonyl (C=O) groups excluding carboxylic acids is 1. The van der Waals surface area contributed by atoms with Gasteiger partial charge in [0, 0.05) is 19.3 Å². The van der Waals surface area contributed by atoms with Crippen molar-refractivity contribution in [3.63, 3.8) is 0 Å². The number of carbonyl (C=O) groups is 1. The first-order chi connectivity index (χ1) is 11.3. The Morgan fingerprint density at radius 3 is 2.21 bits per heavy atom. The highest BCUT2D eigenvalue weighted by Gasteiger charge is 2.32. The number of nitrogens with one attached hydrogen (secondary N) is 1. The van der Waals surface area contributed by atoms with Gasteiger partial charge >= 0.3 is 6.18 Å². The van der Waals surface area contributed by atoms with E-state index in [2.05, 4.69) is 10.3 Å². The van der Waals surface area contributed by atoms with E-state index in [1.807, 2.05) is 43.3 Å². The van der Waals surface area contributed by atoms with Crippen molar-refractivity contribution in [2.45, 2.75) is 19.3 Å². The quantitative estimate of drug-likeness (QED) is 0.912. The van der Waals surface area contributed by atoms with Crippen LogP contribution in [0.3, 0.4) is 0 Å². The minimum atomic E-state index is -4.51. The summed E-state index contributed by atoms with van der Waals surface area (Å²) in [6.07, 6.45) is -3.58. The number of rotatable bonds is 5. The first-order valence-electron chi connectivity index (χ1n) is 7.29. The third-order valence-corrected chi connectivity index (χ3v) is 3.29. The predicted molar refractivity (Wildman–Crippen MR) is 84.2 cm³/mol. The van der Waals surface area contributed by atoms with Crippen LogP contribution in [0.5, 0.6) is 0 Å². The van der Waals surface area contributed by atoms with Gasteiger partial charge in [-0.2, -0.15) is 13.2 Å². The fourth-order valence-electron chi connectivity index (χ4n) is 2.11. The summed E-state index contributed by atoms with van der Waals surface area (Å²) in [7, 11) is 3.96. The standard InChI is InChI=1S/C17H18F3N3O/c1-23(2)11-13-5-3-12(4-6-13)9-22-16(24)14-7-8-15(21-10-14)17(18,19)20/h3-8,10H,9,11H2,1-2H3,(H,22,24). The highest BCUT2D eigenvalue weighted by atomic mass is 19.4. The van der Waals surface area contributed by atoms with Gasteiger partial charge in [0.05, 0.1) is 5.56 Å². The van der Waals surface area contributed by atoms with Gasteiger partial charge < -0.3 is 10.2 Å². The fourth-order valence-corrected chi connectivity index (χ4v) is 2.11. The highest BCUT2D eigenvalue weighted by molar-refractivity contribution is 5.93. The second-order valence-electron chi connectivity index (χ2n) is 5.67. The molecule has 1 aromatic heterocycles. The number of amides is 1. The molecule has 1 aromatic carbocycles. The molecule has 0 bridgehead atoms. The Kier molecular flexibility index (Phi) is 5.56. The van der Waals surface area contributed by atoms with Gasteiger partial charge in [0.2, 0.25) is 0 Å². The molecular formula is C17H18F3N3O. The van der Waals surface area contributed by atoms with Crippen molar-refractivity contribution in [2.75, 3.05) is 14.1 Å². The normalized spacial score (nSPS) is 11.6. The summed E-state index contributed by atoms with van der Waals surface area (Å²) in [4.78, 5) is 17.3. The van der Waals surface area contributed by atoms with Crippen molar-refractivity contribution in [1.82, 2.24) is 15.2 Å². The van der Waals surface area contributed by atoms with Gasteiger partial charge in [-0.15, -0.1) is 0 Å². The second kappa shape index (κ2) is 7.44. The van der Waals surface area contributed by atoms with Gasteiger partial charge in [-0.3, -0.25) is 9.78 Å². The van der Waals surface area contributed by atoms with Crippen LogP contribution in [-0.2, 0) is 19.3 Å². The van der Waals surface area contributed by atoms with Crippen LogP contribution in [0.15, 0.2) is 42.6 Å². The van der Waals surface area contributed by atoms with E-state index in [1.54, 1.807) is 0 Å². The van der Waals surface area contributed by atoms with Crippen LogP contribution in [0.1, 0.15) is 27.2 Å². The molecule has 0 saturated heterocycles. The van der Waals surface area contributed by atoms with Crippen molar-refractivity contribution >= 4 is 5.91 Å². The van der Waals surface area contributed by atoms with Gasteiger partial charge in [0.25, 0.3) is 5.91 Å². The minimum Gasteiger partial charge on any atom is -0.348 e. The van der Waals surface area contributed by atoms with Crippen molar-refractivity contribution < 1.29 is 18.0 Å². The predicted octanol–water partition coefficient (Wildman–Crippen LogP) is 3.09. The summed E-state index contributed by atoms with van der Waals surface area (Å²) in [5.74, 6) is -0.464. The first kappa shape index (κ1) is 17.9. The smallest absolute Gasteiger partial charge is 0.348 e. The zero-order valence-corrected chi connectivity index (χ0v) is 13.4. The maximum absolute atomic E-state index is 12.4. The molecule has 0 saturated carbocycles. The van der Waals surface area contributed by atoms with Gasteiger partial charge in [0.15, 0.2) is 0 Å². The molecule has 0 unspecified atom stereocenters. The molecule has 1 amide bonds. The largest absolute Gasteiger partial charge is 0.433 e. The molecule has 0 aliphatic carbocycles. The zero-order valence-electron chi connectivity index (χ0n) is 13.4. The van der Waals surface area contributed by atoms with E-state index in [1.165, 1.54) is 0 Å². The third kappa shape index (κ3) is 5.06. The number of benzene rings is 1. The number of aromatic nitrogens is 1. The highest BCUT2D eigenvalue weighted by Crippen LogP contribution is 2.27. The molecule has 1 N–H and O–H groups in total. The Labute approximate surface area is 138 Å². The molecule has 7 heteroatoms. The summed E-state index contributed by atoms with van der Waals surface area (Å²) in [5.41, 5.74) is 1.13. The average Bonchev–Trinajstić information content (AvgIpc) is 2.52. The van der Waals surface area contributed by atoms with Crippen LogP contribution >= 0.6 is 0 Å². The summed E-state index contributed by atoms with van der Waals surface area (Å²) in [6, 6.07) is 9.67. The van der Waals surface area contributed by atoms with Crippen LogP contribution in [-0.4, -0.2) is 29.9 Å². The zero-order chi connectivity index (χ0) is 17.7.